The van der Waals surface area contributed by atoms with Gasteiger partial charge in [-0.15, -0.1) is 11.3 Å². The lowest BCUT2D eigenvalue weighted by molar-refractivity contribution is -0.0757. The number of carboxylic acids is 1. The Hall–Kier alpha value is -2.52. The molecule has 3 aromatic rings. The second-order valence-electron chi connectivity index (χ2n) is 6.63. The van der Waals surface area contributed by atoms with E-state index < -0.39 is 5.97 Å². The number of carbonyl (C=O) groups is 1. The smallest absolute Gasteiger partial charge is 0.345 e. The lowest BCUT2D eigenvalue weighted by Gasteiger charge is -2.44. The molecule has 5 rings (SSSR count). The van der Waals surface area contributed by atoms with Crippen LogP contribution in [-0.4, -0.2) is 50.7 Å². The molecule has 1 spiro atoms. The predicted molar refractivity (Wildman–Crippen MR) is 95.7 cm³/mol. The minimum atomic E-state index is -0.861. The lowest BCUT2D eigenvalue weighted by Crippen LogP contribution is -2.46. The normalized spacial score (nSPS) is 19.0. The monoisotopic (exact) mass is 371 g/mol. The molecule has 0 saturated carbocycles. The fourth-order valence-corrected chi connectivity index (χ4v) is 5.08. The maximum absolute atomic E-state index is 11.4. The minimum Gasteiger partial charge on any atom is -0.477 e. The molecule has 1 saturated heterocycles. The SMILES string of the molecule is O=C(O)c1cc2c(s1)CCOC21CCN(c2ncnc3nc[nH]c23)CC1. The number of aromatic carboxylic acids is 1. The fourth-order valence-electron chi connectivity index (χ4n) is 4.01. The van der Waals surface area contributed by atoms with Crippen molar-refractivity contribution in [1.29, 1.82) is 0 Å². The van der Waals surface area contributed by atoms with E-state index in [9.17, 15) is 9.90 Å². The van der Waals surface area contributed by atoms with Crippen molar-refractivity contribution in [1.82, 2.24) is 19.9 Å². The summed E-state index contributed by atoms with van der Waals surface area (Å²) >= 11 is 1.38. The number of carboxylic acid groups (broad SMARTS) is 1. The number of nitrogens with zero attached hydrogens (tertiary/aromatic N) is 4. The van der Waals surface area contributed by atoms with E-state index in [0.29, 0.717) is 17.1 Å². The number of nitrogens with one attached hydrogen (secondary N) is 1. The highest BCUT2D eigenvalue weighted by atomic mass is 32.1. The topological polar surface area (TPSA) is 104 Å². The van der Waals surface area contributed by atoms with Gasteiger partial charge >= 0.3 is 5.97 Å². The summed E-state index contributed by atoms with van der Waals surface area (Å²) in [4.78, 5) is 31.0. The molecule has 134 valence electrons. The molecular weight excluding hydrogens is 354 g/mol. The average molecular weight is 371 g/mol. The molecule has 2 aliphatic rings. The zero-order valence-corrected chi connectivity index (χ0v) is 14.8. The number of aromatic amines is 1. The Labute approximate surface area is 152 Å². The van der Waals surface area contributed by atoms with Gasteiger partial charge in [0.15, 0.2) is 11.5 Å². The number of thiophene rings is 1. The highest BCUT2D eigenvalue weighted by molar-refractivity contribution is 7.14. The lowest BCUT2D eigenvalue weighted by atomic mass is 9.82. The first-order chi connectivity index (χ1) is 12.7. The van der Waals surface area contributed by atoms with Crippen molar-refractivity contribution in [2.45, 2.75) is 24.9 Å². The molecule has 8 nitrogen and oxygen atoms in total. The highest BCUT2D eigenvalue weighted by Gasteiger charge is 2.42. The molecule has 0 aliphatic carbocycles. The summed E-state index contributed by atoms with van der Waals surface area (Å²) < 4.78 is 6.22. The highest BCUT2D eigenvalue weighted by Crippen LogP contribution is 2.45. The number of aromatic nitrogens is 4. The molecule has 3 aromatic heterocycles. The first-order valence-corrected chi connectivity index (χ1v) is 9.37. The van der Waals surface area contributed by atoms with E-state index in [0.717, 1.165) is 54.1 Å². The number of piperidine rings is 1. The van der Waals surface area contributed by atoms with Crippen LogP contribution in [0.1, 0.15) is 33.0 Å². The summed E-state index contributed by atoms with van der Waals surface area (Å²) in [7, 11) is 0. The standard InChI is InChI=1S/C17H17N5O3S/c23-16(24)12-7-10-11(26-12)1-6-25-17(10)2-4-22(5-3-17)15-13-14(19-8-18-13)20-9-21-15/h7-9H,1-6H2,(H,23,24)(H,18,19,20,21). The van der Waals surface area contributed by atoms with Crippen LogP contribution in [0.4, 0.5) is 5.82 Å². The number of H-pyrrole nitrogens is 1. The molecule has 0 radical (unpaired) electrons. The Bertz CT molecular complexity index is 989. The summed E-state index contributed by atoms with van der Waals surface area (Å²) in [6, 6.07) is 1.81. The van der Waals surface area contributed by atoms with Gasteiger partial charge < -0.3 is 19.7 Å². The van der Waals surface area contributed by atoms with Crippen LogP contribution >= 0.6 is 11.3 Å². The van der Waals surface area contributed by atoms with Crippen LogP contribution in [0.2, 0.25) is 0 Å². The Kier molecular flexibility index (Phi) is 3.47. The van der Waals surface area contributed by atoms with Gasteiger partial charge in [0.05, 0.1) is 18.5 Å². The third-order valence-electron chi connectivity index (χ3n) is 5.29. The summed E-state index contributed by atoms with van der Waals surface area (Å²) in [5.41, 5.74) is 2.20. The number of imidazole rings is 1. The Morgan fingerprint density at radius 3 is 2.96 bits per heavy atom. The second kappa shape index (κ2) is 5.75. The van der Waals surface area contributed by atoms with Gasteiger partial charge in [0.25, 0.3) is 0 Å². The van der Waals surface area contributed by atoms with Gasteiger partial charge in [0.1, 0.15) is 16.7 Å². The van der Waals surface area contributed by atoms with Crippen molar-refractivity contribution in [3.05, 3.63) is 34.0 Å². The van der Waals surface area contributed by atoms with E-state index in [4.69, 9.17) is 4.74 Å². The number of rotatable bonds is 2. The minimum absolute atomic E-state index is 0.381. The molecule has 0 amide bonds. The fraction of sp³-hybridized carbons (Fsp3) is 0.412. The predicted octanol–water partition coefficient (Wildman–Crippen LogP) is 2.18. The summed E-state index contributed by atoms with van der Waals surface area (Å²) in [5, 5.41) is 9.33. The molecule has 0 atom stereocenters. The van der Waals surface area contributed by atoms with Gasteiger partial charge in [0, 0.05) is 24.4 Å². The maximum atomic E-state index is 11.4. The van der Waals surface area contributed by atoms with E-state index in [1.54, 1.807) is 6.33 Å². The van der Waals surface area contributed by atoms with Crippen molar-refractivity contribution in [3.63, 3.8) is 0 Å². The van der Waals surface area contributed by atoms with Gasteiger partial charge in [-0.2, -0.15) is 0 Å². The summed E-state index contributed by atoms with van der Waals surface area (Å²) in [5.74, 6) is -0.00506. The zero-order valence-electron chi connectivity index (χ0n) is 13.9. The van der Waals surface area contributed by atoms with Gasteiger partial charge in [-0.05, 0) is 24.5 Å². The summed E-state index contributed by atoms with van der Waals surface area (Å²) in [6.45, 7) is 2.20. The van der Waals surface area contributed by atoms with Crippen molar-refractivity contribution >= 4 is 34.3 Å². The number of ether oxygens (including phenoxy) is 1. The van der Waals surface area contributed by atoms with Crippen molar-refractivity contribution in [3.8, 4) is 0 Å². The van der Waals surface area contributed by atoms with E-state index >= 15 is 0 Å². The van der Waals surface area contributed by atoms with E-state index in [-0.39, 0.29) is 5.60 Å². The Balaban J connectivity index is 1.44. The molecule has 0 aromatic carbocycles. The van der Waals surface area contributed by atoms with E-state index in [1.165, 1.54) is 17.7 Å². The molecule has 0 unspecified atom stereocenters. The second-order valence-corrected chi connectivity index (χ2v) is 7.77. The van der Waals surface area contributed by atoms with Gasteiger partial charge in [0.2, 0.25) is 0 Å². The van der Waals surface area contributed by atoms with Crippen molar-refractivity contribution < 1.29 is 14.6 Å². The number of hydrogen-bond donors (Lipinski definition) is 2. The van der Waals surface area contributed by atoms with Crippen molar-refractivity contribution in [2.24, 2.45) is 0 Å². The van der Waals surface area contributed by atoms with Crippen LogP contribution in [0, 0.1) is 0 Å². The van der Waals surface area contributed by atoms with Crippen molar-refractivity contribution in [2.75, 3.05) is 24.6 Å². The molecule has 2 aliphatic heterocycles. The van der Waals surface area contributed by atoms with E-state index in [2.05, 4.69) is 24.8 Å². The largest absolute Gasteiger partial charge is 0.477 e. The first kappa shape index (κ1) is 15.7. The Morgan fingerprint density at radius 1 is 1.31 bits per heavy atom. The molecule has 5 heterocycles. The van der Waals surface area contributed by atoms with Crippen LogP contribution in [0.25, 0.3) is 11.2 Å². The van der Waals surface area contributed by atoms with Gasteiger partial charge in [-0.25, -0.2) is 19.7 Å². The van der Waals surface area contributed by atoms with Crippen LogP contribution in [-0.2, 0) is 16.8 Å². The maximum Gasteiger partial charge on any atom is 0.345 e. The zero-order chi connectivity index (χ0) is 17.7. The molecular formula is C17H17N5O3S. The first-order valence-electron chi connectivity index (χ1n) is 8.56. The van der Waals surface area contributed by atoms with Crippen LogP contribution in [0.5, 0.6) is 0 Å². The third kappa shape index (κ3) is 2.31. The molecule has 9 heteroatoms. The summed E-state index contributed by atoms with van der Waals surface area (Å²) in [6.07, 6.45) is 5.56. The van der Waals surface area contributed by atoms with Crippen LogP contribution < -0.4 is 4.90 Å². The molecule has 0 bridgehead atoms. The van der Waals surface area contributed by atoms with Crippen LogP contribution in [0.15, 0.2) is 18.7 Å². The quantitative estimate of drug-likeness (QED) is 0.711. The van der Waals surface area contributed by atoms with Crippen LogP contribution in [0.3, 0.4) is 0 Å². The number of hydrogen-bond acceptors (Lipinski definition) is 7. The average Bonchev–Trinajstić information content (AvgIpc) is 3.30. The molecule has 2 N–H and O–H groups in total. The molecule has 1 fully saturated rings. The third-order valence-corrected chi connectivity index (χ3v) is 6.47. The number of anilines is 1. The number of fused-ring (bicyclic) bond motifs is 3. The molecule has 26 heavy (non-hydrogen) atoms. The van der Waals surface area contributed by atoms with E-state index in [1.807, 2.05) is 6.07 Å². The Morgan fingerprint density at radius 2 is 2.15 bits per heavy atom. The van der Waals surface area contributed by atoms with Gasteiger partial charge in [-0.3, -0.25) is 0 Å². The van der Waals surface area contributed by atoms with Gasteiger partial charge in [-0.1, -0.05) is 0 Å².